The number of ether oxygens (including phenoxy) is 2. The molecule has 0 saturated carbocycles. The molecule has 0 unspecified atom stereocenters. The molecule has 162 valence electrons. The highest BCUT2D eigenvalue weighted by molar-refractivity contribution is 7.99. The Balaban J connectivity index is 1.38. The second kappa shape index (κ2) is 10.1. The molecule has 2 N–H and O–H groups in total. The molecule has 4 aromatic carbocycles. The number of nitrogen functional groups attached to an aromatic ring is 1. The summed E-state index contributed by atoms with van der Waals surface area (Å²) in [6, 6.07) is 31.0. The molecule has 0 heterocycles. The molecule has 6 nitrogen and oxygen atoms in total. The smallest absolute Gasteiger partial charge is 0.129 e. The van der Waals surface area contributed by atoms with Crippen molar-refractivity contribution in [1.29, 1.82) is 15.8 Å². The van der Waals surface area contributed by atoms with Crippen molar-refractivity contribution in [2.75, 3.05) is 5.73 Å². The monoisotopic (exact) mass is 460 g/mol. The number of nitrogens with zero attached hydrogens (tertiary/aromatic N) is 3. The van der Waals surface area contributed by atoms with E-state index in [1.54, 1.807) is 48.2 Å². The Morgan fingerprint density at radius 1 is 0.529 bits per heavy atom. The number of nitrogens with two attached hydrogens (primary N) is 1. The van der Waals surface area contributed by atoms with E-state index in [4.69, 9.17) is 31.0 Å². The average Bonchev–Trinajstić information content (AvgIpc) is 2.86. The van der Waals surface area contributed by atoms with Gasteiger partial charge in [-0.05, 0) is 78.9 Å². The molecule has 0 aromatic heterocycles. The van der Waals surface area contributed by atoms with E-state index in [2.05, 4.69) is 0 Å². The molecule has 0 fully saturated rings. The number of anilines is 1. The van der Waals surface area contributed by atoms with Gasteiger partial charge in [0.2, 0.25) is 0 Å². The summed E-state index contributed by atoms with van der Waals surface area (Å²) in [5.41, 5.74) is 7.23. The molecule has 0 amide bonds. The summed E-state index contributed by atoms with van der Waals surface area (Å²) in [7, 11) is 0. The van der Waals surface area contributed by atoms with E-state index in [-0.39, 0.29) is 5.56 Å². The molecule has 34 heavy (non-hydrogen) atoms. The minimum Gasteiger partial charge on any atom is -0.457 e. The Labute approximate surface area is 201 Å². The van der Waals surface area contributed by atoms with Crippen LogP contribution in [0.5, 0.6) is 23.0 Å². The lowest BCUT2D eigenvalue weighted by molar-refractivity contribution is 0.482. The third kappa shape index (κ3) is 5.29. The predicted molar refractivity (Wildman–Crippen MR) is 129 cm³/mol. The molecule has 0 bridgehead atoms. The molecular formula is C27H16N4O2S. The summed E-state index contributed by atoms with van der Waals surface area (Å²) >= 11 is 1.59. The number of hydrogen-bond donors (Lipinski definition) is 1. The fourth-order valence-corrected chi connectivity index (χ4v) is 3.86. The van der Waals surface area contributed by atoms with Gasteiger partial charge in [-0.1, -0.05) is 11.8 Å². The highest BCUT2D eigenvalue weighted by Crippen LogP contribution is 2.33. The normalized spacial score (nSPS) is 9.91. The lowest BCUT2D eigenvalue weighted by Gasteiger charge is -2.09. The van der Waals surface area contributed by atoms with Gasteiger partial charge in [0.05, 0.1) is 22.4 Å². The van der Waals surface area contributed by atoms with Gasteiger partial charge in [0.1, 0.15) is 41.2 Å². The molecule has 0 atom stereocenters. The Bertz CT molecular complexity index is 1460. The number of hydrogen-bond acceptors (Lipinski definition) is 7. The Morgan fingerprint density at radius 3 is 1.44 bits per heavy atom. The second-order valence-electron chi connectivity index (χ2n) is 7.04. The first-order chi connectivity index (χ1) is 16.6. The molecule has 0 aliphatic heterocycles. The van der Waals surface area contributed by atoms with Crippen LogP contribution in [0.2, 0.25) is 0 Å². The summed E-state index contributed by atoms with van der Waals surface area (Å²) in [5.74, 6) is 2.35. The molecule has 4 rings (SSSR count). The van der Waals surface area contributed by atoms with Crippen LogP contribution in [-0.4, -0.2) is 0 Å². The van der Waals surface area contributed by atoms with Crippen molar-refractivity contribution in [3.63, 3.8) is 0 Å². The van der Waals surface area contributed by atoms with Gasteiger partial charge in [-0.15, -0.1) is 0 Å². The first-order valence-corrected chi connectivity index (χ1v) is 10.9. The number of benzene rings is 4. The standard InChI is InChI=1S/C27H16N4O2S/c28-15-18-1-3-23(13-20(18)17-30)32-21-5-9-25(10-6-21)34-26-11-7-22(8-12-26)33-24-4-2-19(16-29)27(31)14-24/h1-14H,31H2. The zero-order chi connectivity index (χ0) is 23.9. The summed E-state index contributed by atoms with van der Waals surface area (Å²) < 4.78 is 11.6. The van der Waals surface area contributed by atoms with Crippen molar-refractivity contribution in [2.45, 2.75) is 9.79 Å². The van der Waals surface area contributed by atoms with Gasteiger partial charge in [0.15, 0.2) is 0 Å². The molecule has 0 saturated heterocycles. The first-order valence-electron chi connectivity index (χ1n) is 10.1. The molecule has 0 aliphatic carbocycles. The van der Waals surface area contributed by atoms with Gasteiger partial charge >= 0.3 is 0 Å². The van der Waals surface area contributed by atoms with Crippen LogP contribution in [0.15, 0.2) is 94.7 Å². The van der Waals surface area contributed by atoms with Crippen LogP contribution in [0.3, 0.4) is 0 Å². The summed E-state index contributed by atoms with van der Waals surface area (Å²) in [4.78, 5) is 2.06. The average molecular weight is 461 g/mol. The van der Waals surface area contributed by atoms with E-state index in [1.165, 1.54) is 0 Å². The minimum absolute atomic E-state index is 0.280. The Hall–Kier alpha value is -4.90. The van der Waals surface area contributed by atoms with E-state index in [0.29, 0.717) is 39.8 Å². The van der Waals surface area contributed by atoms with Crippen molar-refractivity contribution in [1.82, 2.24) is 0 Å². The fraction of sp³-hybridized carbons (Fsp3) is 0. The molecular weight excluding hydrogens is 444 g/mol. The van der Waals surface area contributed by atoms with Gasteiger partial charge in [0, 0.05) is 15.9 Å². The first kappa shape index (κ1) is 22.3. The third-order valence-corrected chi connectivity index (χ3v) is 5.75. The van der Waals surface area contributed by atoms with Crippen molar-refractivity contribution in [3.05, 3.63) is 102 Å². The minimum atomic E-state index is 0.280. The Kier molecular flexibility index (Phi) is 6.65. The van der Waals surface area contributed by atoms with Gasteiger partial charge in [-0.25, -0.2) is 0 Å². The lowest BCUT2D eigenvalue weighted by Crippen LogP contribution is -1.91. The summed E-state index contributed by atoms with van der Waals surface area (Å²) in [6.07, 6.45) is 0. The van der Waals surface area contributed by atoms with Gasteiger partial charge in [-0.3, -0.25) is 0 Å². The van der Waals surface area contributed by atoms with Crippen LogP contribution in [-0.2, 0) is 0 Å². The SMILES string of the molecule is N#Cc1ccc(Oc2ccc(Sc3ccc(Oc4ccc(C#N)c(C#N)c4)cc3)cc2)cc1N. The number of rotatable bonds is 6. The van der Waals surface area contributed by atoms with Crippen LogP contribution in [0.1, 0.15) is 16.7 Å². The zero-order valence-corrected chi connectivity index (χ0v) is 18.5. The molecule has 0 spiro atoms. The topological polar surface area (TPSA) is 116 Å². The lowest BCUT2D eigenvalue weighted by atomic mass is 10.1. The maximum absolute atomic E-state index is 9.15. The van der Waals surface area contributed by atoms with Gasteiger partial charge in [-0.2, -0.15) is 15.8 Å². The zero-order valence-electron chi connectivity index (χ0n) is 17.7. The van der Waals surface area contributed by atoms with Crippen LogP contribution >= 0.6 is 11.8 Å². The largest absolute Gasteiger partial charge is 0.457 e. The fourth-order valence-electron chi connectivity index (χ4n) is 3.04. The van der Waals surface area contributed by atoms with Crippen LogP contribution in [0, 0.1) is 34.0 Å². The molecule has 4 aromatic rings. The predicted octanol–water partition coefficient (Wildman–Crippen LogP) is 6.62. The Morgan fingerprint density at radius 2 is 0.971 bits per heavy atom. The molecule has 0 radical (unpaired) electrons. The summed E-state index contributed by atoms with van der Waals surface area (Å²) in [5, 5.41) is 27.1. The number of nitriles is 3. The quantitative estimate of drug-likeness (QED) is 0.321. The van der Waals surface area contributed by atoms with Crippen molar-refractivity contribution in [2.24, 2.45) is 0 Å². The highest BCUT2D eigenvalue weighted by Gasteiger charge is 2.06. The van der Waals surface area contributed by atoms with E-state index in [0.717, 1.165) is 9.79 Å². The maximum Gasteiger partial charge on any atom is 0.129 e. The van der Waals surface area contributed by atoms with Crippen molar-refractivity contribution in [3.8, 4) is 41.2 Å². The van der Waals surface area contributed by atoms with Crippen molar-refractivity contribution < 1.29 is 9.47 Å². The van der Waals surface area contributed by atoms with E-state index < -0.39 is 0 Å². The van der Waals surface area contributed by atoms with Crippen LogP contribution < -0.4 is 15.2 Å². The summed E-state index contributed by atoms with van der Waals surface area (Å²) in [6.45, 7) is 0. The van der Waals surface area contributed by atoms with Crippen molar-refractivity contribution >= 4 is 17.4 Å². The molecule has 7 heteroatoms. The molecule has 0 aliphatic rings. The third-order valence-electron chi connectivity index (χ3n) is 4.73. The second-order valence-corrected chi connectivity index (χ2v) is 8.19. The highest BCUT2D eigenvalue weighted by atomic mass is 32.2. The van der Waals surface area contributed by atoms with Crippen LogP contribution in [0.4, 0.5) is 5.69 Å². The maximum atomic E-state index is 9.15. The van der Waals surface area contributed by atoms with E-state index in [1.807, 2.05) is 66.7 Å². The van der Waals surface area contributed by atoms with E-state index in [9.17, 15) is 0 Å². The van der Waals surface area contributed by atoms with Gasteiger partial charge in [0.25, 0.3) is 0 Å². The van der Waals surface area contributed by atoms with E-state index >= 15 is 0 Å². The van der Waals surface area contributed by atoms with Gasteiger partial charge < -0.3 is 15.2 Å². The van der Waals surface area contributed by atoms with Crippen LogP contribution in [0.25, 0.3) is 0 Å².